The number of hydrogen-bond donors (Lipinski definition) is 0. The van der Waals surface area contributed by atoms with E-state index >= 15 is 0 Å². The van der Waals surface area contributed by atoms with Gasteiger partial charge in [0.25, 0.3) is 5.91 Å². The molecule has 1 aromatic heterocycles. The number of fused-ring (bicyclic) bond motifs is 1. The summed E-state index contributed by atoms with van der Waals surface area (Å²) in [4.78, 5) is 55.3. The Hall–Kier alpha value is -3.63. The molecule has 0 unspecified atom stereocenters. The second-order valence-electron chi connectivity index (χ2n) is 7.73. The van der Waals surface area contributed by atoms with Gasteiger partial charge in [0, 0.05) is 31.6 Å². The third-order valence-corrected chi connectivity index (χ3v) is 6.50. The van der Waals surface area contributed by atoms with Crippen LogP contribution in [-0.4, -0.2) is 48.1 Å². The summed E-state index contributed by atoms with van der Waals surface area (Å²) >= 11 is 1.28. The number of ether oxygens (including phenoxy) is 2. The molecule has 0 aliphatic carbocycles. The molecule has 0 N–H and O–H groups in total. The lowest BCUT2D eigenvalue weighted by Crippen LogP contribution is -2.28. The van der Waals surface area contributed by atoms with Crippen molar-refractivity contribution in [3.63, 3.8) is 0 Å². The second kappa shape index (κ2) is 10.7. The molecule has 2 aromatic carbocycles. The molecule has 1 fully saturated rings. The van der Waals surface area contributed by atoms with E-state index in [1.165, 1.54) is 17.4 Å². The lowest BCUT2D eigenvalue weighted by molar-refractivity contribution is -0.121. The van der Waals surface area contributed by atoms with Crippen LogP contribution in [0.5, 0.6) is 0 Å². The highest BCUT2D eigenvalue weighted by Gasteiger charge is 2.30. The standard InChI is InChI=1S/C25H25N3O6S/c1-3-33-13-12-27-19-9-8-17(24(32)34-4-2)15-20(19)35-25(27)26-23(31)16-6-5-7-18(14-16)28-21(29)10-11-22(28)30/h5-9,14-15H,3-4,10-13H2,1-2H3. The van der Waals surface area contributed by atoms with Gasteiger partial charge in [-0.1, -0.05) is 17.4 Å². The topological polar surface area (TPSA) is 107 Å². The molecule has 1 saturated heterocycles. The van der Waals surface area contributed by atoms with E-state index in [0.29, 0.717) is 35.8 Å². The Morgan fingerprint density at radius 2 is 1.77 bits per heavy atom. The lowest BCUT2D eigenvalue weighted by Gasteiger charge is -2.14. The summed E-state index contributed by atoms with van der Waals surface area (Å²) < 4.78 is 13.2. The van der Waals surface area contributed by atoms with Gasteiger partial charge in [-0.05, 0) is 50.2 Å². The van der Waals surface area contributed by atoms with Crippen LogP contribution in [-0.2, 0) is 25.6 Å². The van der Waals surface area contributed by atoms with Crippen molar-refractivity contribution in [2.75, 3.05) is 24.7 Å². The predicted molar refractivity (Wildman–Crippen MR) is 130 cm³/mol. The summed E-state index contributed by atoms with van der Waals surface area (Å²) in [5.41, 5.74) is 1.86. The number of carbonyl (C=O) groups is 4. The Labute approximate surface area is 205 Å². The van der Waals surface area contributed by atoms with E-state index in [1.54, 1.807) is 43.3 Å². The number of aromatic nitrogens is 1. The average Bonchev–Trinajstić information content (AvgIpc) is 3.37. The minimum Gasteiger partial charge on any atom is -0.462 e. The van der Waals surface area contributed by atoms with Crippen LogP contribution in [0.25, 0.3) is 10.2 Å². The Morgan fingerprint density at radius 3 is 2.49 bits per heavy atom. The van der Waals surface area contributed by atoms with Gasteiger partial charge in [-0.15, -0.1) is 0 Å². The quantitative estimate of drug-likeness (QED) is 0.270. The summed E-state index contributed by atoms with van der Waals surface area (Å²) in [6, 6.07) is 11.6. The molecule has 35 heavy (non-hydrogen) atoms. The number of anilines is 1. The number of benzene rings is 2. The third-order valence-electron chi connectivity index (χ3n) is 5.46. The molecule has 0 saturated carbocycles. The smallest absolute Gasteiger partial charge is 0.338 e. The van der Waals surface area contributed by atoms with Crippen LogP contribution in [0.2, 0.25) is 0 Å². The molecule has 2 heterocycles. The molecule has 3 amide bonds. The average molecular weight is 496 g/mol. The van der Waals surface area contributed by atoms with Crippen LogP contribution in [0.15, 0.2) is 47.5 Å². The monoisotopic (exact) mass is 495 g/mol. The summed E-state index contributed by atoms with van der Waals surface area (Å²) in [7, 11) is 0. The lowest BCUT2D eigenvalue weighted by atomic mass is 10.2. The fourth-order valence-corrected chi connectivity index (χ4v) is 4.90. The first-order valence-electron chi connectivity index (χ1n) is 11.4. The number of carbonyl (C=O) groups excluding carboxylic acids is 4. The molecule has 4 rings (SSSR count). The highest BCUT2D eigenvalue weighted by molar-refractivity contribution is 7.16. The van der Waals surface area contributed by atoms with Crippen molar-refractivity contribution in [2.24, 2.45) is 4.99 Å². The van der Waals surface area contributed by atoms with Crippen molar-refractivity contribution in [3.05, 3.63) is 58.4 Å². The Balaban J connectivity index is 1.73. The van der Waals surface area contributed by atoms with E-state index in [-0.39, 0.29) is 36.8 Å². The zero-order valence-corrected chi connectivity index (χ0v) is 20.3. The molecule has 10 heteroatoms. The van der Waals surface area contributed by atoms with Gasteiger partial charge in [-0.25, -0.2) is 4.79 Å². The van der Waals surface area contributed by atoms with Crippen molar-refractivity contribution < 1.29 is 28.7 Å². The van der Waals surface area contributed by atoms with Crippen molar-refractivity contribution in [1.29, 1.82) is 0 Å². The highest BCUT2D eigenvalue weighted by atomic mass is 32.1. The first-order chi connectivity index (χ1) is 16.9. The normalized spacial score (nSPS) is 14.2. The van der Waals surface area contributed by atoms with Crippen LogP contribution in [0, 0.1) is 0 Å². The molecule has 0 radical (unpaired) electrons. The number of amides is 3. The summed E-state index contributed by atoms with van der Waals surface area (Å²) in [6.07, 6.45) is 0.327. The fraction of sp³-hybridized carbons (Fsp3) is 0.320. The van der Waals surface area contributed by atoms with Gasteiger partial charge >= 0.3 is 5.97 Å². The van der Waals surface area contributed by atoms with Crippen LogP contribution >= 0.6 is 11.3 Å². The first kappa shape index (κ1) is 24.5. The minimum atomic E-state index is -0.506. The maximum absolute atomic E-state index is 13.1. The minimum absolute atomic E-state index is 0.163. The van der Waals surface area contributed by atoms with Gasteiger partial charge in [0.1, 0.15) is 0 Å². The molecule has 0 spiro atoms. The maximum atomic E-state index is 13.1. The van der Waals surface area contributed by atoms with Crippen molar-refractivity contribution in [3.8, 4) is 0 Å². The Morgan fingerprint density at radius 1 is 1.00 bits per heavy atom. The molecular formula is C25H25N3O6S. The molecule has 1 aliphatic rings. The van der Waals surface area contributed by atoms with E-state index < -0.39 is 11.9 Å². The van der Waals surface area contributed by atoms with Crippen molar-refractivity contribution >= 4 is 50.9 Å². The molecule has 3 aromatic rings. The van der Waals surface area contributed by atoms with E-state index in [2.05, 4.69) is 4.99 Å². The van der Waals surface area contributed by atoms with Crippen LogP contribution in [0.1, 0.15) is 47.4 Å². The van der Waals surface area contributed by atoms with E-state index in [1.807, 2.05) is 11.5 Å². The summed E-state index contributed by atoms with van der Waals surface area (Å²) in [6.45, 7) is 5.38. The van der Waals surface area contributed by atoms with E-state index in [0.717, 1.165) is 15.1 Å². The van der Waals surface area contributed by atoms with Gasteiger partial charge in [-0.2, -0.15) is 4.99 Å². The first-order valence-corrected chi connectivity index (χ1v) is 12.2. The van der Waals surface area contributed by atoms with Crippen molar-refractivity contribution in [2.45, 2.75) is 33.2 Å². The van der Waals surface area contributed by atoms with Crippen molar-refractivity contribution in [1.82, 2.24) is 4.57 Å². The van der Waals surface area contributed by atoms with Crippen LogP contribution in [0.3, 0.4) is 0 Å². The maximum Gasteiger partial charge on any atom is 0.338 e. The molecule has 0 bridgehead atoms. The number of esters is 1. The van der Waals surface area contributed by atoms with Gasteiger partial charge in [0.2, 0.25) is 11.8 Å². The molecule has 1 aliphatic heterocycles. The van der Waals surface area contributed by atoms with E-state index in [9.17, 15) is 19.2 Å². The molecular weight excluding hydrogens is 470 g/mol. The highest BCUT2D eigenvalue weighted by Crippen LogP contribution is 2.24. The van der Waals surface area contributed by atoms with Gasteiger partial charge in [0.05, 0.1) is 34.7 Å². The van der Waals surface area contributed by atoms with Gasteiger partial charge in [0.15, 0.2) is 4.80 Å². The van der Waals surface area contributed by atoms with Crippen LogP contribution < -0.4 is 9.70 Å². The number of imide groups is 1. The van der Waals surface area contributed by atoms with Gasteiger partial charge in [-0.3, -0.25) is 19.3 Å². The second-order valence-corrected chi connectivity index (χ2v) is 8.74. The largest absolute Gasteiger partial charge is 0.462 e. The molecule has 0 atom stereocenters. The Bertz CT molecular complexity index is 1360. The molecule has 9 nitrogen and oxygen atoms in total. The summed E-state index contributed by atoms with van der Waals surface area (Å²) in [5.74, 6) is -1.49. The number of rotatable bonds is 8. The number of hydrogen-bond acceptors (Lipinski definition) is 7. The Kier molecular flexibility index (Phi) is 7.52. The number of nitrogens with zero attached hydrogens (tertiary/aromatic N) is 3. The molecule has 182 valence electrons. The number of thiazole rings is 1. The zero-order valence-electron chi connectivity index (χ0n) is 19.5. The third kappa shape index (κ3) is 5.23. The SMILES string of the molecule is CCOCCn1c(=NC(=O)c2cccc(N3C(=O)CCC3=O)c2)sc2cc(C(=O)OCC)ccc21. The fourth-order valence-electron chi connectivity index (χ4n) is 3.81. The van der Waals surface area contributed by atoms with Crippen LogP contribution in [0.4, 0.5) is 5.69 Å². The van der Waals surface area contributed by atoms with Gasteiger partial charge < -0.3 is 14.0 Å². The van der Waals surface area contributed by atoms with E-state index in [4.69, 9.17) is 9.47 Å². The predicted octanol–water partition coefficient (Wildman–Crippen LogP) is 3.31. The summed E-state index contributed by atoms with van der Waals surface area (Å²) in [5, 5.41) is 0. The zero-order chi connectivity index (χ0) is 24.9.